The minimum Gasteiger partial charge on any atom is -0.492 e. The number of hydrogen-bond donors (Lipinski definition) is 1. The van der Waals surface area contributed by atoms with Crippen LogP contribution >= 0.6 is 11.3 Å². The van der Waals surface area contributed by atoms with Crippen LogP contribution in [0.4, 0.5) is 0 Å². The largest absolute Gasteiger partial charge is 0.492 e. The van der Waals surface area contributed by atoms with E-state index in [0.717, 1.165) is 11.3 Å². The number of carbonyl (C=O) groups excluding carboxylic acids is 1. The molecule has 2 heterocycles. The first-order valence-corrected chi connectivity index (χ1v) is 12.9. The zero-order chi connectivity index (χ0) is 22.4. The molecule has 32 heavy (non-hydrogen) atoms. The highest BCUT2D eigenvalue weighted by Crippen LogP contribution is 2.38. The maximum absolute atomic E-state index is 13.4. The summed E-state index contributed by atoms with van der Waals surface area (Å²) in [5.74, 6) is 0.667. The van der Waals surface area contributed by atoms with Gasteiger partial charge in [-0.15, -0.1) is 11.3 Å². The van der Waals surface area contributed by atoms with Crippen LogP contribution in [0.25, 0.3) is 0 Å². The summed E-state index contributed by atoms with van der Waals surface area (Å²) in [5, 5.41) is 4.77. The molecule has 0 spiro atoms. The fourth-order valence-corrected chi connectivity index (χ4v) is 6.66. The van der Waals surface area contributed by atoms with Crippen LogP contribution in [-0.4, -0.2) is 44.9 Å². The summed E-state index contributed by atoms with van der Waals surface area (Å²) < 4.78 is 33.4. The maximum atomic E-state index is 13.4. The number of nitrogens with zero attached hydrogens (tertiary/aromatic N) is 1. The van der Waals surface area contributed by atoms with Crippen LogP contribution in [0.3, 0.4) is 0 Å². The smallest absolute Gasteiger partial charge is 0.252 e. The summed E-state index contributed by atoms with van der Waals surface area (Å²) in [5.41, 5.74) is 0.143. The Morgan fingerprint density at radius 3 is 2.25 bits per heavy atom. The first-order chi connectivity index (χ1) is 15.5. The van der Waals surface area contributed by atoms with Gasteiger partial charge in [0.15, 0.2) is 0 Å². The summed E-state index contributed by atoms with van der Waals surface area (Å²) in [7, 11) is -3.53. The van der Waals surface area contributed by atoms with Gasteiger partial charge in [0.25, 0.3) is 10.0 Å². The number of benzene rings is 2. The SMILES string of the molecule is O=C(NCCOc1ccccc1)C1(c2ccccc2)CCN(S(=O)(=O)c2cccs2)CC1. The number of nitrogens with one attached hydrogen (secondary N) is 1. The second-order valence-corrected chi connectivity index (χ2v) is 10.8. The van der Waals surface area contributed by atoms with Crippen LogP contribution in [0.15, 0.2) is 82.4 Å². The number of amides is 1. The number of piperidine rings is 1. The summed E-state index contributed by atoms with van der Waals surface area (Å²) in [6.07, 6.45) is 0.847. The van der Waals surface area contributed by atoms with Gasteiger partial charge in [0.2, 0.25) is 5.91 Å². The van der Waals surface area contributed by atoms with E-state index in [1.54, 1.807) is 17.5 Å². The van der Waals surface area contributed by atoms with Crippen molar-refractivity contribution in [3.63, 3.8) is 0 Å². The summed E-state index contributed by atoms with van der Waals surface area (Å²) in [4.78, 5) is 13.4. The summed E-state index contributed by atoms with van der Waals surface area (Å²) in [6, 6.07) is 22.5. The van der Waals surface area contributed by atoms with Gasteiger partial charge in [-0.1, -0.05) is 54.6 Å². The Labute approximate surface area is 192 Å². The molecule has 2 aromatic carbocycles. The van der Waals surface area contributed by atoms with E-state index in [0.29, 0.717) is 43.3 Å². The molecule has 8 heteroatoms. The van der Waals surface area contributed by atoms with Crippen molar-refractivity contribution in [1.82, 2.24) is 9.62 Å². The number of ether oxygens (including phenoxy) is 1. The highest BCUT2D eigenvalue weighted by Gasteiger charge is 2.45. The quantitative estimate of drug-likeness (QED) is 0.510. The van der Waals surface area contributed by atoms with E-state index >= 15 is 0 Å². The molecule has 4 rings (SSSR count). The van der Waals surface area contributed by atoms with E-state index < -0.39 is 15.4 Å². The normalized spacial score (nSPS) is 16.4. The molecule has 1 amide bonds. The van der Waals surface area contributed by atoms with Crippen molar-refractivity contribution in [2.75, 3.05) is 26.2 Å². The van der Waals surface area contributed by atoms with Crippen molar-refractivity contribution in [3.05, 3.63) is 83.7 Å². The van der Waals surface area contributed by atoms with Gasteiger partial charge in [0, 0.05) is 13.1 Å². The highest BCUT2D eigenvalue weighted by atomic mass is 32.2. The average Bonchev–Trinajstić information content (AvgIpc) is 3.39. The Morgan fingerprint density at radius 2 is 1.62 bits per heavy atom. The molecule has 168 valence electrons. The van der Waals surface area contributed by atoms with Crippen LogP contribution in [0.5, 0.6) is 5.75 Å². The van der Waals surface area contributed by atoms with E-state index in [2.05, 4.69) is 5.32 Å². The third-order valence-electron chi connectivity index (χ3n) is 5.83. The Kier molecular flexibility index (Phi) is 6.93. The maximum Gasteiger partial charge on any atom is 0.252 e. The minimum absolute atomic E-state index is 0.0893. The average molecular weight is 471 g/mol. The van der Waals surface area contributed by atoms with E-state index in [9.17, 15) is 13.2 Å². The standard InChI is InChI=1S/C24H26N2O4S2/c27-23(25-15-18-30-21-10-5-2-6-11-21)24(20-8-3-1-4-9-20)13-16-26(17-14-24)32(28,29)22-12-7-19-31-22/h1-12,19H,13-18H2,(H,25,27). The van der Waals surface area contributed by atoms with Gasteiger partial charge >= 0.3 is 0 Å². The zero-order valence-electron chi connectivity index (χ0n) is 17.6. The Hall–Kier alpha value is -2.68. The van der Waals surface area contributed by atoms with Gasteiger partial charge < -0.3 is 10.1 Å². The molecule has 1 saturated heterocycles. The van der Waals surface area contributed by atoms with Crippen molar-refractivity contribution in [2.24, 2.45) is 0 Å². The Morgan fingerprint density at radius 1 is 0.969 bits per heavy atom. The first kappa shape index (κ1) is 22.5. The lowest BCUT2D eigenvalue weighted by molar-refractivity contribution is -0.128. The molecule has 1 aliphatic rings. The molecular formula is C24H26N2O4S2. The van der Waals surface area contributed by atoms with Crippen LogP contribution in [-0.2, 0) is 20.2 Å². The highest BCUT2D eigenvalue weighted by molar-refractivity contribution is 7.91. The topological polar surface area (TPSA) is 75.7 Å². The molecule has 0 atom stereocenters. The van der Waals surface area contributed by atoms with E-state index in [-0.39, 0.29) is 5.91 Å². The second-order valence-electron chi connectivity index (χ2n) is 7.70. The molecule has 3 aromatic rings. The molecule has 6 nitrogen and oxygen atoms in total. The van der Waals surface area contributed by atoms with E-state index in [1.807, 2.05) is 60.7 Å². The van der Waals surface area contributed by atoms with Crippen LogP contribution < -0.4 is 10.1 Å². The Balaban J connectivity index is 1.45. The fourth-order valence-electron chi connectivity index (χ4n) is 4.07. The van der Waals surface area contributed by atoms with Crippen molar-refractivity contribution < 1.29 is 17.9 Å². The number of carbonyl (C=O) groups is 1. The summed E-state index contributed by atoms with van der Waals surface area (Å²) >= 11 is 1.22. The zero-order valence-corrected chi connectivity index (χ0v) is 19.3. The van der Waals surface area contributed by atoms with Gasteiger partial charge in [-0.25, -0.2) is 8.42 Å². The molecule has 0 unspecified atom stereocenters. The van der Waals surface area contributed by atoms with Gasteiger partial charge in [-0.2, -0.15) is 4.31 Å². The van der Waals surface area contributed by atoms with Crippen LogP contribution in [0, 0.1) is 0 Å². The molecule has 1 fully saturated rings. The third kappa shape index (κ3) is 4.72. The second kappa shape index (κ2) is 9.85. The van der Waals surface area contributed by atoms with Gasteiger partial charge in [0.05, 0.1) is 12.0 Å². The lowest BCUT2D eigenvalue weighted by Gasteiger charge is -2.40. The third-order valence-corrected chi connectivity index (χ3v) is 9.10. The Bertz CT molecular complexity index is 1110. The van der Waals surface area contributed by atoms with Crippen LogP contribution in [0.2, 0.25) is 0 Å². The van der Waals surface area contributed by atoms with Crippen molar-refractivity contribution in [1.29, 1.82) is 0 Å². The lowest BCUT2D eigenvalue weighted by Crippen LogP contribution is -2.53. The fraction of sp³-hybridized carbons (Fsp3) is 0.292. The minimum atomic E-state index is -3.53. The van der Waals surface area contributed by atoms with Crippen molar-refractivity contribution in [2.45, 2.75) is 22.5 Å². The molecule has 0 bridgehead atoms. The van der Waals surface area contributed by atoms with E-state index in [4.69, 9.17) is 4.74 Å². The van der Waals surface area contributed by atoms with Gasteiger partial charge in [-0.05, 0) is 42.0 Å². The number of para-hydroxylation sites is 1. The molecule has 1 aromatic heterocycles. The van der Waals surface area contributed by atoms with Gasteiger partial charge in [-0.3, -0.25) is 4.79 Å². The van der Waals surface area contributed by atoms with Gasteiger partial charge in [0.1, 0.15) is 16.6 Å². The predicted octanol–water partition coefficient (Wildman–Crippen LogP) is 3.67. The first-order valence-electron chi connectivity index (χ1n) is 10.6. The molecule has 1 aliphatic heterocycles. The number of sulfonamides is 1. The number of thiophene rings is 1. The molecular weight excluding hydrogens is 444 g/mol. The van der Waals surface area contributed by atoms with Crippen molar-refractivity contribution >= 4 is 27.3 Å². The predicted molar refractivity (Wildman–Crippen MR) is 125 cm³/mol. The molecule has 0 radical (unpaired) electrons. The lowest BCUT2D eigenvalue weighted by atomic mass is 9.72. The summed E-state index contributed by atoms with van der Waals surface area (Å²) in [6.45, 7) is 1.32. The van der Waals surface area contributed by atoms with Crippen LogP contribution in [0.1, 0.15) is 18.4 Å². The molecule has 0 aliphatic carbocycles. The molecule has 0 saturated carbocycles. The monoisotopic (exact) mass is 470 g/mol. The molecule has 1 N–H and O–H groups in total. The number of hydrogen-bond acceptors (Lipinski definition) is 5. The number of rotatable bonds is 8. The van der Waals surface area contributed by atoms with E-state index in [1.165, 1.54) is 15.6 Å². The van der Waals surface area contributed by atoms with Crippen molar-refractivity contribution in [3.8, 4) is 5.75 Å².